The lowest BCUT2D eigenvalue weighted by Gasteiger charge is -2.30. The molecule has 5 nitrogen and oxygen atoms in total. The van der Waals surface area contributed by atoms with Gasteiger partial charge in [-0.2, -0.15) is 0 Å². The highest BCUT2D eigenvalue weighted by molar-refractivity contribution is 14.0. The first-order valence-corrected chi connectivity index (χ1v) is 11.7. The lowest BCUT2D eigenvalue weighted by atomic mass is 9.95. The van der Waals surface area contributed by atoms with E-state index in [2.05, 4.69) is 22.5 Å². The third-order valence-electron chi connectivity index (χ3n) is 5.86. The van der Waals surface area contributed by atoms with Crippen molar-refractivity contribution in [1.82, 2.24) is 15.5 Å². The van der Waals surface area contributed by atoms with E-state index in [0.717, 1.165) is 43.7 Å². The maximum absolute atomic E-state index is 12.1. The van der Waals surface area contributed by atoms with Crippen molar-refractivity contribution in [3.8, 4) is 0 Å². The summed E-state index contributed by atoms with van der Waals surface area (Å²) in [6.07, 6.45) is 8.58. The number of likely N-dealkylation sites (tertiary alicyclic amines) is 1. The van der Waals surface area contributed by atoms with E-state index < -0.39 is 10.8 Å². The first-order chi connectivity index (χ1) is 12.2. The maximum atomic E-state index is 12.1. The van der Waals surface area contributed by atoms with Crippen LogP contribution in [0, 0.1) is 5.92 Å². The number of hydrogen-bond donors (Lipinski definition) is 2. The molecule has 1 aliphatic heterocycles. The summed E-state index contributed by atoms with van der Waals surface area (Å²) < 4.78 is 12.1. The first-order valence-electron chi connectivity index (χ1n) is 10.4. The van der Waals surface area contributed by atoms with E-state index >= 15 is 0 Å². The standard InChI is InChI=1S/C19H36N4OS.HI/c1-3-20-19(21-13-15-10-11-23(14-15)17-8-9-17)22-16-6-5-7-18(12-16)25(24)4-2;/h15-18H,3-14H2,1-2H3,(H2,20,21,22);1H. The minimum atomic E-state index is -0.667. The van der Waals surface area contributed by atoms with Crippen LogP contribution in [-0.4, -0.2) is 64.3 Å². The van der Waals surface area contributed by atoms with Crippen molar-refractivity contribution in [3.63, 3.8) is 0 Å². The molecule has 0 amide bonds. The van der Waals surface area contributed by atoms with Crippen molar-refractivity contribution < 1.29 is 4.21 Å². The highest BCUT2D eigenvalue weighted by Crippen LogP contribution is 2.31. The maximum Gasteiger partial charge on any atom is 0.191 e. The lowest BCUT2D eigenvalue weighted by molar-refractivity contribution is 0.315. The van der Waals surface area contributed by atoms with Crippen molar-refractivity contribution in [3.05, 3.63) is 0 Å². The highest BCUT2D eigenvalue weighted by atomic mass is 127. The lowest BCUT2D eigenvalue weighted by Crippen LogP contribution is -2.46. The predicted octanol–water partition coefficient (Wildman–Crippen LogP) is 2.72. The van der Waals surface area contributed by atoms with Crippen LogP contribution in [-0.2, 0) is 10.8 Å². The molecule has 1 heterocycles. The van der Waals surface area contributed by atoms with Gasteiger partial charge in [0.15, 0.2) is 5.96 Å². The minimum Gasteiger partial charge on any atom is -0.357 e. The predicted molar refractivity (Wildman–Crippen MR) is 122 cm³/mol. The quantitative estimate of drug-likeness (QED) is 0.324. The Bertz CT molecular complexity index is 486. The molecule has 0 radical (unpaired) electrons. The Hall–Kier alpha value is 0.110. The van der Waals surface area contributed by atoms with E-state index in [1.807, 2.05) is 6.92 Å². The van der Waals surface area contributed by atoms with E-state index in [0.29, 0.717) is 17.2 Å². The SMILES string of the molecule is CCNC(=NCC1CCN(C2CC2)C1)NC1CCCC(S(=O)CC)C1.I. The van der Waals surface area contributed by atoms with Gasteiger partial charge in [-0.25, -0.2) is 0 Å². The summed E-state index contributed by atoms with van der Waals surface area (Å²) >= 11 is 0. The Morgan fingerprint density at radius 3 is 2.69 bits per heavy atom. The average Bonchev–Trinajstić information content (AvgIpc) is 3.38. The number of halogens is 1. The fourth-order valence-electron chi connectivity index (χ4n) is 4.27. The summed E-state index contributed by atoms with van der Waals surface area (Å²) in [5.41, 5.74) is 0. The van der Waals surface area contributed by atoms with E-state index in [1.54, 1.807) is 0 Å². The molecule has 7 heteroatoms. The number of nitrogens with zero attached hydrogens (tertiary/aromatic N) is 2. The summed E-state index contributed by atoms with van der Waals surface area (Å²) in [6.45, 7) is 8.47. The molecule has 3 aliphatic rings. The second-order valence-corrected chi connectivity index (χ2v) is 9.91. The fraction of sp³-hybridized carbons (Fsp3) is 0.947. The third kappa shape index (κ3) is 6.62. The minimum absolute atomic E-state index is 0. The number of nitrogens with one attached hydrogen (secondary N) is 2. The normalized spacial score (nSPS) is 31.3. The molecule has 0 aromatic carbocycles. The highest BCUT2D eigenvalue weighted by Gasteiger charge is 2.34. The summed E-state index contributed by atoms with van der Waals surface area (Å²) in [5.74, 6) is 2.45. The van der Waals surface area contributed by atoms with Gasteiger partial charge in [-0.15, -0.1) is 24.0 Å². The van der Waals surface area contributed by atoms with Crippen LogP contribution in [0.5, 0.6) is 0 Å². The van der Waals surface area contributed by atoms with Crippen molar-refractivity contribution in [2.24, 2.45) is 10.9 Å². The largest absolute Gasteiger partial charge is 0.357 e. The molecule has 152 valence electrons. The van der Waals surface area contributed by atoms with Crippen LogP contribution in [0.1, 0.15) is 58.8 Å². The molecular weight excluding hydrogens is 459 g/mol. The molecule has 3 fully saturated rings. The van der Waals surface area contributed by atoms with Crippen LogP contribution in [0.4, 0.5) is 0 Å². The van der Waals surface area contributed by atoms with Crippen molar-refractivity contribution in [2.75, 3.05) is 31.9 Å². The summed E-state index contributed by atoms with van der Waals surface area (Å²) in [4.78, 5) is 7.54. The van der Waals surface area contributed by atoms with Crippen LogP contribution in [0.2, 0.25) is 0 Å². The van der Waals surface area contributed by atoms with Crippen LogP contribution >= 0.6 is 24.0 Å². The van der Waals surface area contributed by atoms with Crippen molar-refractivity contribution >= 4 is 40.7 Å². The molecule has 2 aliphatic carbocycles. The molecule has 4 atom stereocenters. The molecular formula is C19H37IN4OS. The number of aliphatic imine (C=N–C) groups is 1. The van der Waals surface area contributed by atoms with Gasteiger partial charge in [-0.3, -0.25) is 9.20 Å². The van der Waals surface area contributed by atoms with Gasteiger partial charge in [0.25, 0.3) is 0 Å². The number of rotatable bonds is 7. The van der Waals surface area contributed by atoms with Crippen LogP contribution in [0.25, 0.3) is 0 Å². The number of hydrogen-bond acceptors (Lipinski definition) is 3. The Morgan fingerprint density at radius 2 is 2.00 bits per heavy atom. The van der Waals surface area contributed by atoms with Gasteiger partial charge in [0.1, 0.15) is 0 Å². The second kappa shape index (κ2) is 11.2. The van der Waals surface area contributed by atoms with Gasteiger partial charge in [0.05, 0.1) is 0 Å². The Labute approximate surface area is 179 Å². The molecule has 0 aromatic heterocycles. The average molecular weight is 497 g/mol. The molecule has 26 heavy (non-hydrogen) atoms. The van der Waals surface area contributed by atoms with E-state index in [4.69, 9.17) is 4.99 Å². The van der Waals surface area contributed by atoms with Crippen molar-refractivity contribution in [1.29, 1.82) is 0 Å². The monoisotopic (exact) mass is 496 g/mol. The molecule has 1 saturated heterocycles. The summed E-state index contributed by atoms with van der Waals surface area (Å²) in [5, 5.41) is 7.40. The van der Waals surface area contributed by atoms with Gasteiger partial charge < -0.3 is 15.5 Å². The Morgan fingerprint density at radius 1 is 1.19 bits per heavy atom. The molecule has 0 spiro atoms. The van der Waals surface area contributed by atoms with Crippen LogP contribution in [0.15, 0.2) is 4.99 Å². The van der Waals surface area contributed by atoms with Gasteiger partial charge in [-0.1, -0.05) is 13.3 Å². The topological polar surface area (TPSA) is 56.7 Å². The Kier molecular flexibility index (Phi) is 9.64. The first kappa shape index (κ1) is 22.4. The second-order valence-electron chi connectivity index (χ2n) is 7.90. The molecule has 4 unspecified atom stereocenters. The summed E-state index contributed by atoms with van der Waals surface area (Å²) in [6, 6.07) is 1.30. The molecule has 0 aromatic rings. The van der Waals surface area contributed by atoms with Crippen LogP contribution < -0.4 is 10.6 Å². The van der Waals surface area contributed by atoms with Crippen molar-refractivity contribution in [2.45, 2.75) is 76.1 Å². The number of guanidine groups is 1. The zero-order valence-corrected chi connectivity index (χ0v) is 19.6. The van der Waals surface area contributed by atoms with E-state index in [1.165, 1.54) is 45.2 Å². The van der Waals surface area contributed by atoms with Gasteiger partial charge in [0.2, 0.25) is 0 Å². The molecule has 3 rings (SSSR count). The van der Waals surface area contributed by atoms with E-state index in [9.17, 15) is 4.21 Å². The van der Waals surface area contributed by atoms with Gasteiger partial charge >= 0.3 is 0 Å². The Balaban J connectivity index is 0.00000243. The zero-order valence-electron chi connectivity index (χ0n) is 16.4. The van der Waals surface area contributed by atoms with Gasteiger partial charge in [0, 0.05) is 53.5 Å². The summed E-state index contributed by atoms with van der Waals surface area (Å²) in [7, 11) is -0.667. The third-order valence-corrected chi connectivity index (χ3v) is 7.60. The van der Waals surface area contributed by atoms with Crippen LogP contribution in [0.3, 0.4) is 0 Å². The molecule has 0 bridgehead atoms. The zero-order chi connectivity index (χ0) is 17.6. The van der Waals surface area contributed by atoms with Gasteiger partial charge in [-0.05, 0) is 57.9 Å². The van der Waals surface area contributed by atoms with E-state index in [-0.39, 0.29) is 24.0 Å². The molecule has 2 N–H and O–H groups in total. The smallest absolute Gasteiger partial charge is 0.191 e. The fourth-order valence-corrected chi connectivity index (χ4v) is 5.62. The molecule has 2 saturated carbocycles.